The number of halogens is 3. The van der Waals surface area contributed by atoms with Gasteiger partial charge in [-0.2, -0.15) is 5.26 Å². The van der Waals surface area contributed by atoms with Crippen LogP contribution < -0.4 is 4.74 Å². The Balaban J connectivity index is 1.29. The average Bonchev–Trinajstić information content (AvgIpc) is 3.55. The molecule has 2 aromatic heterocycles. The molecule has 1 N–H and O–H groups in total. The van der Waals surface area contributed by atoms with Crippen LogP contribution in [0.2, 0.25) is 0 Å². The van der Waals surface area contributed by atoms with Gasteiger partial charge in [0.25, 0.3) is 5.88 Å². The highest BCUT2D eigenvalue weighted by atomic mass is 19.1. The van der Waals surface area contributed by atoms with E-state index in [2.05, 4.69) is 18.8 Å². The van der Waals surface area contributed by atoms with Crippen LogP contribution in [-0.2, 0) is 17.8 Å². The number of carboxylic acids is 1. The highest BCUT2D eigenvalue weighted by Gasteiger charge is 2.39. The van der Waals surface area contributed by atoms with Crippen molar-refractivity contribution in [3.63, 3.8) is 0 Å². The molecular weight excluding hydrogens is 585 g/mol. The van der Waals surface area contributed by atoms with E-state index in [4.69, 9.17) is 19.7 Å². The van der Waals surface area contributed by atoms with Crippen molar-refractivity contribution < 1.29 is 32.5 Å². The summed E-state index contributed by atoms with van der Waals surface area (Å²) in [6.07, 6.45) is 0.122. The van der Waals surface area contributed by atoms with Crippen molar-refractivity contribution in [1.82, 2.24) is 14.5 Å². The maximum atomic E-state index is 15.6. The van der Waals surface area contributed by atoms with Crippen molar-refractivity contribution in [2.75, 3.05) is 13.2 Å². The third-order valence-electron chi connectivity index (χ3n) is 8.03. The SMILES string of the molecule is CC1(C)COC[C@H]1n1c(Cc2ccc(-c3ccc(F)c(OCc4ccc(C#N)cc4F)n3)cc2F)nc2ccc(C(=O)O)cc21. The van der Waals surface area contributed by atoms with Gasteiger partial charge in [-0.3, -0.25) is 0 Å². The number of pyridine rings is 1. The van der Waals surface area contributed by atoms with Crippen molar-refractivity contribution in [2.45, 2.75) is 32.9 Å². The van der Waals surface area contributed by atoms with Crippen LogP contribution >= 0.6 is 0 Å². The molecule has 1 saturated heterocycles. The lowest BCUT2D eigenvalue weighted by atomic mass is 9.87. The van der Waals surface area contributed by atoms with Gasteiger partial charge in [-0.25, -0.2) is 27.9 Å². The van der Waals surface area contributed by atoms with Gasteiger partial charge in [-0.05, 0) is 54.1 Å². The fraction of sp³-hybridized carbons (Fsp3) is 0.235. The van der Waals surface area contributed by atoms with Crippen LogP contribution in [0.1, 0.15) is 52.8 Å². The van der Waals surface area contributed by atoms with Crippen LogP contribution in [0.5, 0.6) is 5.88 Å². The Bertz CT molecular complexity index is 2000. The Morgan fingerprint density at radius 2 is 1.80 bits per heavy atom. The summed E-state index contributed by atoms with van der Waals surface area (Å²) in [6, 6.07) is 17.4. The monoisotopic (exact) mass is 612 g/mol. The molecule has 0 bridgehead atoms. The minimum atomic E-state index is -1.06. The number of carboxylic acid groups (broad SMARTS) is 1. The van der Waals surface area contributed by atoms with E-state index in [-0.39, 0.29) is 52.7 Å². The standard InChI is InChI=1S/C34H27F3N4O4/c1-34(2)18-44-17-30(34)41-29-13-22(33(42)43)7-9-28(29)39-31(41)14-20-5-6-21(12-26(20)37)27-10-8-24(35)32(40-27)45-16-23-4-3-19(15-38)11-25(23)36/h3-13,30H,14,16-18H2,1-2H3,(H,42,43)/t30-/m1/s1. The number of aromatic nitrogens is 3. The molecule has 3 heterocycles. The molecule has 228 valence electrons. The van der Waals surface area contributed by atoms with Crippen LogP contribution in [0.3, 0.4) is 0 Å². The molecule has 0 radical (unpaired) electrons. The topological polar surface area (TPSA) is 110 Å². The number of rotatable bonds is 8. The molecule has 5 aromatic rings. The summed E-state index contributed by atoms with van der Waals surface area (Å²) >= 11 is 0. The van der Waals surface area contributed by atoms with Crippen molar-refractivity contribution >= 4 is 17.0 Å². The molecule has 3 aromatic carbocycles. The molecule has 1 atom stereocenters. The quantitative estimate of drug-likeness (QED) is 0.204. The summed E-state index contributed by atoms with van der Waals surface area (Å²) in [6.45, 7) is 4.71. The molecule has 0 unspecified atom stereocenters. The number of fused-ring (bicyclic) bond motifs is 1. The molecule has 6 rings (SSSR count). The molecule has 0 spiro atoms. The van der Waals surface area contributed by atoms with Gasteiger partial charge >= 0.3 is 5.97 Å². The van der Waals surface area contributed by atoms with Gasteiger partial charge < -0.3 is 19.1 Å². The second-order valence-corrected chi connectivity index (χ2v) is 11.6. The van der Waals surface area contributed by atoms with Gasteiger partial charge in [0.1, 0.15) is 24.1 Å². The van der Waals surface area contributed by atoms with Crippen molar-refractivity contribution in [3.05, 3.63) is 112 Å². The fourth-order valence-electron chi connectivity index (χ4n) is 5.51. The first-order valence-corrected chi connectivity index (χ1v) is 14.1. The zero-order valence-electron chi connectivity index (χ0n) is 24.4. The smallest absolute Gasteiger partial charge is 0.335 e. The van der Waals surface area contributed by atoms with E-state index < -0.39 is 23.4 Å². The van der Waals surface area contributed by atoms with Crippen LogP contribution in [0.25, 0.3) is 22.3 Å². The summed E-state index contributed by atoms with van der Waals surface area (Å²) in [5.41, 5.74) is 2.31. The number of carbonyl (C=O) groups is 1. The van der Waals surface area contributed by atoms with Crippen LogP contribution in [0.15, 0.2) is 66.7 Å². The second kappa shape index (κ2) is 11.7. The summed E-state index contributed by atoms with van der Waals surface area (Å²) in [4.78, 5) is 20.7. The van der Waals surface area contributed by atoms with Gasteiger partial charge in [-0.1, -0.05) is 32.0 Å². The van der Waals surface area contributed by atoms with Gasteiger partial charge in [0.15, 0.2) is 5.82 Å². The minimum Gasteiger partial charge on any atom is -0.478 e. The normalized spacial score (nSPS) is 15.7. The number of hydrogen-bond acceptors (Lipinski definition) is 6. The lowest BCUT2D eigenvalue weighted by molar-refractivity contribution is 0.0697. The first-order chi connectivity index (χ1) is 21.5. The Labute approximate surface area is 256 Å². The van der Waals surface area contributed by atoms with Crippen LogP contribution in [0.4, 0.5) is 13.2 Å². The molecule has 45 heavy (non-hydrogen) atoms. The number of benzene rings is 3. The molecule has 11 heteroatoms. The summed E-state index contributed by atoms with van der Waals surface area (Å²) in [5.74, 6) is -2.84. The van der Waals surface area contributed by atoms with Crippen molar-refractivity contribution in [3.8, 4) is 23.2 Å². The largest absolute Gasteiger partial charge is 0.478 e. The van der Waals surface area contributed by atoms with Crippen LogP contribution in [-0.4, -0.2) is 38.8 Å². The van der Waals surface area contributed by atoms with E-state index in [1.54, 1.807) is 24.3 Å². The number of ether oxygens (including phenoxy) is 2. The number of aromatic carboxylic acids is 1. The van der Waals surface area contributed by atoms with Gasteiger partial charge in [0.2, 0.25) is 0 Å². The number of imidazole rings is 1. The lowest BCUT2D eigenvalue weighted by Crippen LogP contribution is -2.27. The Kier molecular flexibility index (Phi) is 7.76. The third-order valence-corrected chi connectivity index (χ3v) is 8.03. The van der Waals surface area contributed by atoms with Gasteiger partial charge in [0.05, 0.1) is 53.2 Å². The van der Waals surface area contributed by atoms with Gasteiger partial charge in [-0.15, -0.1) is 0 Å². The highest BCUT2D eigenvalue weighted by Crippen LogP contribution is 2.40. The summed E-state index contributed by atoms with van der Waals surface area (Å²) < 4.78 is 57.6. The zero-order valence-corrected chi connectivity index (χ0v) is 24.4. The fourth-order valence-corrected chi connectivity index (χ4v) is 5.51. The Morgan fingerprint density at radius 1 is 1.02 bits per heavy atom. The van der Waals surface area contributed by atoms with Crippen molar-refractivity contribution in [1.29, 1.82) is 5.26 Å². The second-order valence-electron chi connectivity index (χ2n) is 11.6. The average molecular weight is 613 g/mol. The highest BCUT2D eigenvalue weighted by molar-refractivity contribution is 5.92. The molecule has 1 aliphatic rings. The Hall–Kier alpha value is -5.21. The van der Waals surface area contributed by atoms with Crippen molar-refractivity contribution in [2.24, 2.45) is 5.41 Å². The number of hydrogen-bond donors (Lipinski definition) is 1. The predicted molar refractivity (Wildman–Crippen MR) is 158 cm³/mol. The Morgan fingerprint density at radius 3 is 2.49 bits per heavy atom. The summed E-state index contributed by atoms with van der Waals surface area (Å²) in [7, 11) is 0. The zero-order chi connectivity index (χ0) is 31.9. The lowest BCUT2D eigenvalue weighted by Gasteiger charge is -2.28. The first-order valence-electron chi connectivity index (χ1n) is 14.1. The minimum absolute atomic E-state index is 0.119. The summed E-state index contributed by atoms with van der Waals surface area (Å²) in [5, 5.41) is 18.5. The first kappa shape index (κ1) is 29.8. The maximum Gasteiger partial charge on any atom is 0.335 e. The van der Waals surface area contributed by atoms with E-state index >= 15 is 4.39 Å². The molecule has 0 saturated carbocycles. The predicted octanol–water partition coefficient (Wildman–Crippen LogP) is 6.85. The molecular formula is C34H27F3N4O4. The van der Waals surface area contributed by atoms with E-state index in [1.165, 1.54) is 30.3 Å². The number of nitrogens with zero attached hydrogens (tertiary/aromatic N) is 4. The molecule has 0 aliphatic carbocycles. The number of nitriles is 1. The molecule has 8 nitrogen and oxygen atoms in total. The third kappa shape index (κ3) is 5.84. The van der Waals surface area contributed by atoms with E-state index in [9.17, 15) is 18.7 Å². The van der Waals surface area contributed by atoms with Gasteiger partial charge in [0, 0.05) is 23.0 Å². The molecule has 1 aliphatic heterocycles. The van der Waals surface area contributed by atoms with E-state index in [0.717, 1.165) is 12.1 Å². The van der Waals surface area contributed by atoms with E-state index in [0.29, 0.717) is 41.2 Å². The van der Waals surface area contributed by atoms with Crippen LogP contribution in [0, 0.1) is 34.2 Å². The maximum absolute atomic E-state index is 15.6. The molecule has 0 amide bonds. The molecule has 1 fully saturated rings. The van der Waals surface area contributed by atoms with E-state index in [1.807, 2.05) is 10.6 Å².